The van der Waals surface area contributed by atoms with Gasteiger partial charge in [-0.3, -0.25) is 4.79 Å². The van der Waals surface area contributed by atoms with E-state index in [0.717, 1.165) is 4.47 Å². The highest BCUT2D eigenvalue weighted by molar-refractivity contribution is 9.10. The van der Waals surface area contributed by atoms with Gasteiger partial charge in [-0.25, -0.2) is 12.8 Å². The molecule has 1 N–H and O–H groups in total. The predicted molar refractivity (Wildman–Crippen MR) is 106 cm³/mol. The Labute approximate surface area is 170 Å². The van der Waals surface area contributed by atoms with Crippen LogP contribution < -0.4 is 5.32 Å². The van der Waals surface area contributed by atoms with Crippen LogP contribution in [0.25, 0.3) is 0 Å². The van der Waals surface area contributed by atoms with Crippen molar-refractivity contribution in [3.05, 3.63) is 57.8 Å². The summed E-state index contributed by atoms with van der Waals surface area (Å²) in [6, 6.07) is 10.2. The van der Waals surface area contributed by atoms with E-state index in [4.69, 9.17) is 11.6 Å². The molecule has 0 saturated carbocycles. The molecule has 144 valence electrons. The second-order valence-corrected chi connectivity index (χ2v) is 9.56. The van der Waals surface area contributed by atoms with Crippen molar-refractivity contribution in [2.75, 3.05) is 18.4 Å². The van der Waals surface area contributed by atoms with Gasteiger partial charge in [-0.2, -0.15) is 4.31 Å². The van der Waals surface area contributed by atoms with Crippen molar-refractivity contribution in [1.82, 2.24) is 4.31 Å². The number of piperidine rings is 1. The standard InChI is InChI=1S/C18H17BrClFN2O3S/c19-13-3-6-15(7-4-13)27(25,26)23-9-1-2-12(11-23)18(24)22-17-10-14(20)5-8-16(17)21/h3-8,10,12H,1-2,9,11H2,(H,22,24). The first-order valence-electron chi connectivity index (χ1n) is 8.29. The topological polar surface area (TPSA) is 66.5 Å². The third-order valence-electron chi connectivity index (χ3n) is 4.39. The van der Waals surface area contributed by atoms with E-state index in [2.05, 4.69) is 21.2 Å². The van der Waals surface area contributed by atoms with Crippen LogP contribution in [-0.4, -0.2) is 31.7 Å². The van der Waals surface area contributed by atoms with Crippen LogP contribution in [0, 0.1) is 11.7 Å². The Morgan fingerprint density at radius 2 is 1.93 bits per heavy atom. The number of hydrogen-bond acceptors (Lipinski definition) is 3. The summed E-state index contributed by atoms with van der Waals surface area (Å²) in [6.07, 6.45) is 1.08. The van der Waals surface area contributed by atoms with E-state index in [9.17, 15) is 17.6 Å². The first-order chi connectivity index (χ1) is 12.8. The molecule has 5 nitrogen and oxygen atoms in total. The number of rotatable bonds is 4. The van der Waals surface area contributed by atoms with Crippen LogP contribution >= 0.6 is 27.5 Å². The first kappa shape index (κ1) is 20.3. The Balaban J connectivity index is 1.74. The summed E-state index contributed by atoms with van der Waals surface area (Å²) in [5.74, 6) is -1.59. The number of carbonyl (C=O) groups excluding carboxylic acids is 1. The van der Waals surface area contributed by atoms with Crippen LogP contribution in [0.2, 0.25) is 5.02 Å². The van der Waals surface area contributed by atoms with Gasteiger partial charge in [0, 0.05) is 22.6 Å². The van der Waals surface area contributed by atoms with Crippen LogP contribution in [0.5, 0.6) is 0 Å². The summed E-state index contributed by atoms with van der Waals surface area (Å²) >= 11 is 9.12. The van der Waals surface area contributed by atoms with Gasteiger partial charge in [0.05, 0.1) is 16.5 Å². The van der Waals surface area contributed by atoms with Gasteiger partial charge in [0.2, 0.25) is 15.9 Å². The SMILES string of the molecule is O=C(Nc1cc(Cl)ccc1F)C1CCCN(S(=O)(=O)c2ccc(Br)cc2)C1. The number of amides is 1. The van der Waals surface area contributed by atoms with Gasteiger partial charge in [0.1, 0.15) is 5.82 Å². The number of nitrogens with zero attached hydrogens (tertiary/aromatic N) is 1. The molecule has 0 aromatic heterocycles. The van der Waals surface area contributed by atoms with Crippen molar-refractivity contribution >= 4 is 49.1 Å². The molecule has 1 atom stereocenters. The van der Waals surface area contributed by atoms with E-state index >= 15 is 0 Å². The molecule has 1 amide bonds. The third kappa shape index (κ3) is 4.68. The molecule has 3 rings (SSSR count). The zero-order valence-corrected chi connectivity index (χ0v) is 17.3. The molecule has 0 radical (unpaired) electrons. The maximum absolute atomic E-state index is 13.8. The lowest BCUT2D eigenvalue weighted by molar-refractivity contribution is -0.120. The smallest absolute Gasteiger partial charge is 0.243 e. The predicted octanol–water partition coefficient (Wildman–Crippen LogP) is 4.28. The van der Waals surface area contributed by atoms with Crippen LogP contribution in [0.15, 0.2) is 51.8 Å². The van der Waals surface area contributed by atoms with Crippen molar-refractivity contribution in [2.24, 2.45) is 5.92 Å². The molecule has 1 heterocycles. The first-order valence-corrected chi connectivity index (χ1v) is 10.9. The summed E-state index contributed by atoms with van der Waals surface area (Å²) in [4.78, 5) is 12.7. The number of anilines is 1. The van der Waals surface area contributed by atoms with E-state index in [-0.39, 0.29) is 17.1 Å². The summed E-state index contributed by atoms with van der Waals surface area (Å²) in [6.45, 7) is 0.389. The lowest BCUT2D eigenvalue weighted by Crippen LogP contribution is -2.43. The number of nitrogens with one attached hydrogen (secondary N) is 1. The molecular weight excluding hydrogens is 459 g/mol. The second kappa shape index (κ2) is 8.26. The molecule has 0 bridgehead atoms. The summed E-state index contributed by atoms with van der Waals surface area (Å²) in [7, 11) is -3.70. The lowest BCUT2D eigenvalue weighted by Gasteiger charge is -2.31. The monoisotopic (exact) mass is 474 g/mol. The van der Waals surface area contributed by atoms with Gasteiger partial charge >= 0.3 is 0 Å². The molecular formula is C18H17BrClFN2O3S. The Morgan fingerprint density at radius 3 is 2.63 bits per heavy atom. The molecule has 27 heavy (non-hydrogen) atoms. The zero-order chi connectivity index (χ0) is 19.6. The quantitative estimate of drug-likeness (QED) is 0.718. The largest absolute Gasteiger partial charge is 0.323 e. The number of carbonyl (C=O) groups is 1. The molecule has 1 fully saturated rings. The van der Waals surface area contributed by atoms with Gasteiger partial charge in [0.25, 0.3) is 0 Å². The van der Waals surface area contributed by atoms with E-state index in [1.54, 1.807) is 12.1 Å². The minimum absolute atomic E-state index is 0.0135. The Bertz CT molecular complexity index is 954. The van der Waals surface area contributed by atoms with Crippen molar-refractivity contribution in [3.8, 4) is 0 Å². The van der Waals surface area contributed by atoms with E-state index in [1.807, 2.05) is 0 Å². The molecule has 0 spiro atoms. The maximum Gasteiger partial charge on any atom is 0.243 e. The Kier molecular flexibility index (Phi) is 6.20. The molecule has 1 unspecified atom stereocenters. The average molecular weight is 476 g/mol. The highest BCUT2D eigenvalue weighted by atomic mass is 79.9. The molecule has 2 aromatic carbocycles. The van der Waals surface area contributed by atoms with Crippen molar-refractivity contribution in [1.29, 1.82) is 0 Å². The van der Waals surface area contributed by atoms with Gasteiger partial charge < -0.3 is 5.32 Å². The molecule has 1 saturated heterocycles. The van der Waals surface area contributed by atoms with Crippen molar-refractivity contribution < 1.29 is 17.6 Å². The highest BCUT2D eigenvalue weighted by Gasteiger charge is 2.33. The van der Waals surface area contributed by atoms with Crippen LogP contribution in [0.1, 0.15) is 12.8 Å². The fourth-order valence-corrected chi connectivity index (χ4v) is 4.92. The molecule has 9 heteroatoms. The second-order valence-electron chi connectivity index (χ2n) is 6.27. The molecule has 0 aliphatic carbocycles. The van der Waals surface area contributed by atoms with Gasteiger partial charge in [-0.1, -0.05) is 27.5 Å². The van der Waals surface area contributed by atoms with Gasteiger partial charge in [-0.05, 0) is 55.3 Å². The minimum atomic E-state index is -3.70. The highest BCUT2D eigenvalue weighted by Crippen LogP contribution is 2.26. The van der Waals surface area contributed by atoms with Crippen LogP contribution in [-0.2, 0) is 14.8 Å². The minimum Gasteiger partial charge on any atom is -0.323 e. The average Bonchev–Trinajstić information content (AvgIpc) is 2.65. The number of sulfonamides is 1. The van der Waals surface area contributed by atoms with Crippen LogP contribution in [0.4, 0.5) is 10.1 Å². The zero-order valence-electron chi connectivity index (χ0n) is 14.2. The summed E-state index contributed by atoms with van der Waals surface area (Å²) in [5, 5.41) is 2.81. The van der Waals surface area contributed by atoms with E-state index in [1.165, 1.54) is 34.6 Å². The fourth-order valence-electron chi connectivity index (χ4n) is 2.96. The number of hydrogen-bond donors (Lipinski definition) is 1. The van der Waals surface area contributed by atoms with Gasteiger partial charge in [-0.15, -0.1) is 0 Å². The van der Waals surface area contributed by atoms with Crippen molar-refractivity contribution in [3.63, 3.8) is 0 Å². The fraction of sp³-hybridized carbons (Fsp3) is 0.278. The Hall–Kier alpha value is -1.48. The normalized spacial score (nSPS) is 18.3. The van der Waals surface area contributed by atoms with Crippen LogP contribution in [0.3, 0.4) is 0 Å². The van der Waals surface area contributed by atoms with E-state index in [0.29, 0.717) is 24.4 Å². The molecule has 2 aromatic rings. The summed E-state index contributed by atoms with van der Waals surface area (Å²) in [5.41, 5.74) is -0.0135. The Morgan fingerprint density at radius 1 is 1.22 bits per heavy atom. The lowest BCUT2D eigenvalue weighted by atomic mass is 9.98. The van der Waals surface area contributed by atoms with Gasteiger partial charge in [0.15, 0.2) is 0 Å². The number of benzene rings is 2. The third-order valence-corrected chi connectivity index (χ3v) is 7.04. The molecule has 1 aliphatic heterocycles. The van der Waals surface area contributed by atoms with E-state index < -0.39 is 27.7 Å². The summed E-state index contributed by atoms with van der Waals surface area (Å²) < 4.78 is 41.6. The van der Waals surface area contributed by atoms with Crippen molar-refractivity contribution in [2.45, 2.75) is 17.7 Å². The molecule has 1 aliphatic rings. The number of halogens is 3. The maximum atomic E-state index is 13.8.